The molecule has 2 fully saturated rings. The van der Waals surface area contributed by atoms with Crippen molar-refractivity contribution >= 4 is 18.0 Å². The molecule has 0 spiro atoms. The van der Waals surface area contributed by atoms with Gasteiger partial charge in [-0.05, 0) is 54.4 Å². The zero-order valence-electron chi connectivity index (χ0n) is 17.8. The first-order valence-corrected chi connectivity index (χ1v) is 11.0. The topological polar surface area (TPSA) is 105 Å². The van der Waals surface area contributed by atoms with Crippen LogP contribution in [0.2, 0.25) is 0 Å². The Morgan fingerprint density at radius 2 is 1.69 bits per heavy atom. The molecule has 5 rings (SSSR count). The SMILES string of the molecule is C[C@@H](NC(=O)[C@]12C[C@H](NC(=O)OCC3c4ccccc4-c4ccccc43)C[C@H]1C2)C(=O)O. The van der Waals surface area contributed by atoms with Crippen LogP contribution < -0.4 is 10.6 Å². The minimum absolute atomic E-state index is 0.000225. The molecule has 7 nitrogen and oxygen atoms in total. The Morgan fingerprint density at radius 3 is 2.31 bits per heavy atom. The molecule has 3 aliphatic rings. The van der Waals surface area contributed by atoms with E-state index in [0.717, 1.165) is 17.5 Å². The van der Waals surface area contributed by atoms with Crippen molar-refractivity contribution in [3.05, 3.63) is 59.7 Å². The Bertz CT molecular complexity index is 1050. The van der Waals surface area contributed by atoms with E-state index < -0.39 is 23.5 Å². The fourth-order valence-electron chi connectivity index (χ4n) is 5.50. The van der Waals surface area contributed by atoms with Crippen molar-refractivity contribution in [1.82, 2.24) is 10.6 Å². The fraction of sp³-hybridized carbons (Fsp3) is 0.400. The van der Waals surface area contributed by atoms with E-state index in [4.69, 9.17) is 9.84 Å². The largest absolute Gasteiger partial charge is 0.480 e. The third kappa shape index (κ3) is 3.42. The fourth-order valence-corrected chi connectivity index (χ4v) is 5.50. The van der Waals surface area contributed by atoms with Crippen molar-refractivity contribution in [2.75, 3.05) is 6.61 Å². The van der Waals surface area contributed by atoms with Crippen LogP contribution in [0.5, 0.6) is 0 Å². The van der Waals surface area contributed by atoms with Gasteiger partial charge in [0, 0.05) is 12.0 Å². The summed E-state index contributed by atoms with van der Waals surface area (Å²) in [6.07, 6.45) is 1.49. The number of carbonyl (C=O) groups is 3. The van der Waals surface area contributed by atoms with Crippen molar-refractivity contribution in [2.45, 2.75) is 44.2 Å². The average molecular weight is 434 g/mol. The molecular formula is C25H26N2O5. The van der Waals surface area contributed by atoms with Crippen LogP contribution in [0.4, 0.5) is 4.79 Å². The van der Waals surface area contributed by atoms with E-state index in [1.807, 2.05) is 24.3 Å². The van der Waals surface area contributed by atoms with Crippen LogP contribution in [-0.4, -0.2) is 41.8 Å². The molecule has 0 bridgehead atoms. The van der Waals surface area contributed by atoms with Gasteiger partial charge in [0.2, 0.25) is 5.91 Å². The van der Waals surface area contributed by atoms with Crippen LogP contribution in [0.1, 0.15) is 43.2 Å². The highest BCUT2D eigenvalue weighted by molar-refractivity contribution is 5.90. The van der Waals surface area contributed by atoms with Crippen LogP contribution >= 0.6 is 0 Å². The molecule has 0 heterocycles. The van der Waals surface area contributed by atoms with E-state index in [-0.39, 0.29) is 30.4 Å². The minimum atomic E-state index is -1.06. The molecule has 7 heteroatoms. The van der Waals surface area contributed by atoms with Gasteiger partial charge in [-0.25, -0.2) is 4.79 Å². The Morgan fingerprint density at radius 1 is 1.06 bits per heavy atom. The summed E-state index contributed by atoms with van der Waals surface area (Å²) in [5.74, 6) is -1.10. The predicted octanol–water partition coefficient (Wildman–Crippen LogP) is 3.28. The summed E-state index contributed by atoms with van der Waals surface area (Å²) in [5, 5.41) is 14.5. The van der Waals surface area contributed by atoms with Gasteiger partial charge >= 0.3 is 12.1 Å². The van der Waals surface area contributed by atoms with Crippen LogP contribution in [0.3, 0.4) is 0 Å². The van der Waals surface area contributed by atoms with Crippen molar-refractivity contribution in [2.24, 2.45) is 11.3 Å². The summed E-state index contributed by atoms with van der Waals surface area (Å²) >= 11 is 0. The highest BCUT2D eigenvalue weighted by Crippen LogP contribution is 2.63. The summed E-state index contributed by atoms with van der Waals surface area (Å²) in [6, 6.07) is 15.3. The molecular weight excluding hydrogens is 408 g/mol. The number of nitrogens with one attached hydrogen (secondary N) is 2. The third-order valence-corrected chi connectivity index (χ3v) is 7.25. The van der Waals surface area contributed by atoms with E-state index in [1.165, 1.54) is 18.1 Å². The zero-order valence-corrected chi connectivity index (χ0v) is 17.8. The Kier molecular flexibility index (Phi) is 4.92. The number of aliphatic carboxylic acids is 1. The summed E-state index contributed by atoms with van der Waals surface area (Å²) in [5.41, 5.74) is 4.12. The quantitative estimate of drug-likeness (QED) is 0.647. The normalized spacial score (nSPS) is 25.8. The molecule has 0 aromatic heterocycles. The molecule has 3 N–H and O–H groups in total. The number of fused-ring (bicyclic) bond motifs is 4. The van der Waals surface area contributed by atoms with Crippen molar-refractivity contribution < 1.29 is 24.2 Å². The molecule has 2 saturated carbocycles. The van der Waals surface area contributed by atoms with E-state index in [1.54, 1.807) is 0 Å². The highest BCUT2D eigenvalue weighted by Gasteiger charge is 2.65. The highest BCUT2D eigenvalue weighted by atomic mass is 16.5. The number of hydrogen-bond donors (Lipinski definition) is 3. The van der Waals surface area contributed by atoms with Gasteiger partial charge in [0.15, 0.2) is 0 Å². The Balaban J connectivity index is 1.18. The molecule has 0 aliphatic heterocycles. The van der Waals surface area contributed by atoms with Crippen molar-refractivity contribution in [3.63, 3.8) is 0 Å². The lowest BCUT2D eigenvalue weighted by atomic mass is 9.98. The van der Waals surface area contributed by atoms with Crippen LogP contribution in [-0.2, 0) is 14.3 Å². The van der Waals surface area contributed by atoms with Crippen molar-refractivity contribution in [1.29, 1.82) is 0 Å². The van der Waals surface area contributed by atoms with E-state index in [0.29, 0.717) is 12.8 Å². The minimum Gasteiger partial charge on any atom is -0.480 e. The number of hydrogen-bond acceptors (Lipinski definition) is 4. The second kappa shape index (κ2) is 7.65. The summed E-state index contributed by atoms with van der Waals surface area (Å²) in [6.45, 7) is 1.70. The number of rotatable bonds is 6. The molecule has 2 aromatic carbocycles. The number of benzene rings is 2. The molecule has 0 radical (unpaired) electrons. The number of carboxylic acid groups (broad SMARTS) is 1. The monoisotopic (exact) mass is 434 g/mol. The van der Waals surface area contributed by atoms with Gasteiger partial charge in [-0.15, -0.1) is 0 Å². The number of carboxylic acids is 1. The summed E-state index contributed by atoms with van der Waals surface area (Å²) < 4.78 is 5.61. The third-order valence-electron chi connectivity index (χ3n) is 7.25. The lowest BCUT2D eigenvalue weighted by molar-refractivity contribution is -0.142. The number of carbonyl (C=O) groups excluding carboxylic acids is 2. The maximum Gasteiger partial charge on any atom is 0.407 e. The lowest BCUT2D eigenvalue weighted by Crippen LogP contribution is -2.43. The van der Waals surface area contributed by atoms with E-state index >= 15 is 0 Å². The van der Waals surface area contributed by atoms with Crippen LogP contribution in [0.15, 0.2) is 48.5 Å². The Hall–Kier alpha value is -3.35. The molecule has 2 aromatic rings. The van der Waals surface area contributed by atoms with Gasteiger partial charge in [0.1, 0.15) is 12.6 Å². The maximum absolute atomic E-state index is 12.6. The second-order valence-corrected chi connectivity index (χ2v) is 9.20. The number of ether oxygens (including phenoxy) is 1. The van der Waals surface area contributed by atoms with Gasteiger partial charge in [0.05, 0.1) is 5.41 Å². The summed E-state index contributed by atoms with van der Waals surface area (Å²) in [7, 11) is 0. The standard InChI is InChI=1S/C25H26N2O5/c1-14(22(28)29)26-23(30)25-11-15(25)10-16(12-25)27-24(31)32-13-21-19-8-4-2-6-17(19)18-7-3-5-9-20(18)21/h2-9,14-16,21H,10-13H2,1H3,(H,26,30)(H,27,31)(H,28,29)/t14-,15+,16-,25-/m1/s1. The Labute approximate surface area is 186 Å². The molecule has 32 heavy (non-hydrogen) atoms. The first-order chi connectivity index (χ1) is 15.4. The molecule has 4 atom stereocenters. The lowest BCUT2D eigenvalue weighted by Gasteiger charge is -2.20. The van der Waals surface area contributed by atoms with Crippen LogP contribution in [0, 0.1) is 11.3 Å². The smallest absolute Gasteiger partial charge is 0.407 e. The molecule has 166 valence electrons. The van der Waals surface area contributed by atoms with E-state index in [2.05, 4.69) is 34.9 Å². The van der Waals surface area contributed by atoms with Crippen molar-refractivity contribution in [3.8, 4) is 11.1 Å². The second-order valence-electron chi connectivity index (χ2n) is 9.20. The van der Waals surface area contributed by atoms with Crippen LogP contribution in [0.25, 0.3) is 11.1 Å². The number of alkyl carbamates (subject to hydrolysis) is 1. The molecule has 3 aliphatic carbocycles. The van der Waals surface area contributed by atoms with Gasteiger partial charge in [0.25, 0.3) is 0 Å². The van der Waals surface area contributed by atoms with Gasteiger partial charge in [-0.3, -0.25) is 9.59 Å². The van der Waals surface area contributed by atoms with Gasteiger partial charge < -0.3 is 20.5 Å². The molecule has 0 unspecified atom stereocenters. The van der Waals surface area contributed by atoms with Gasteiger partial charge in [-0.1, -0.05) is 48.5 Å². The number of amides is 2. The first kappa shape index (κ1) is 20.5. The maximum atomic E-state index is 12.6. The van der Waals surface area contributed by atoms with E-state index in [9.17, 15) is 14.4 Å². The molecule has 0 saturated heterocycles. The zero-order chi connectivity index (χ0) is 22.5. The molecule has 2 amide bonds. The first-order valence-electron chi connectivity index (χ1n) is 11.0. The van der Waals surface area contributed by atoms with Gasteiger partial charge in [-0.2, -0.15) is 0 Å². The average Bonchev–Trinajstić information content (AvgIpc) is 3.21. The predicted molar refractivity (Wildman–Crippen MR) is 117 cm³/mol. The summed E-state index contributed by atoms with van der Waals surface area (Å²) in [4.78, 5) is 36.1.